The summed E-state index contributed by atoms with van der Waals surface area (Å²) in [5, 5.41) is 2.93. The Kier molecular flexibility index (Phi) is 4.97. The summed E-state index contributed by atoms with van der Waals surface area (Å²) in [5.41, 5.74) is 8.77. The molecule has 0 saturated carbocycles. The van der Waals surface area contributed by atoms with E-state index in [-0.39, 0.29) is 11.3 Å². The van der Waals surface area contributed by atoms with Gasteiger partial charge in [0.25, 0.3) is 5.91 Å². The molecule has 3 N–H and O–H groups in total. The predicted molar refractivity (Wildman–Crippen MR) is 97.9 cm³/mol. The monoisotopic (exact) mass is 323 g/mol. The molecule has 1 aliphatic rings. The van der Waals surface area contributed by atoms with Crippen molar-refractivity contribution >= 4 is 11.6 Å². The van der Waals surface area contributed by atoms with E-state index in [2.05, 4.69) is 23.2 Å². The predicted octanol–water partition coefficient (Wildman–Crippen LogP) is 3.11. The van der Waals surface area contributed by atoms with Gasteiger partial charge in [-0.15, -0.1) is 0 Å². The smallest absolute Gasteiger partial charge is 0.255 e. The molecule has 4 heteroatoms. The Morgan fingerprint density at radius 2 is 2.00 bits per heavy atom. The maximum atomic E-state index is 12.4. The van der Waals surface area contributed by atoms with Crippen LogP contribution in [0.15, 0.2) is 54.6 Å². The second-order valence-corrected chi connectivity index (χ2v) is 7.00. The number of amides is 1. The molecule has 4 nitrogen and oxygen atoms in total. The normalized spacial score (nSPS) is 20.9. The number of anilines is 1. The minimum absolute atomic E-state index is 0.0729. The average molecular weight is 323 g/mol. The fourth-order valence-electron chi connectivity index (χ4n) is 3.22. The van der Waals surface area contributed by atoms with Crippen LogP contribution < -0.4 is 11.1 Å². The van der Waals surface area contributed by atoms with Crippen LogP contribution in [-0.2, 0) is 6.54 Å². The lowest BCUT2D eigenvalue weighted by atomic mass is 9.90. The van der Waals surface area contributed by atoms with Crippen LogP contribution in [-0.4, -0.2) is 30.4 Å². The maximum Gasteiger partial charge on any atom is 0.255 e. The van der Waals surface area contributed by atoms with Gasteiger partial charge in [0, 0.05) is 24.3 Å². The summed E-state index contributed by atoms with van der Waals surface area (Å²) in [6.07, 6.45) is 1.14. The number of nitrogens with two attached hydrogens (primary N) is 1. The highest BCUT2D eigenvalue weighted by Crippen LogP contribution is 2.29. The average Bonchev–Trinajstić information content (AvgIpc) is 2.97. The summed E-state index contributed by atoms with van der Waals surface area (Å²) in [5.74, 6) is -0.0729. The molecular formula is C20H25N3O. The van der Waals surface area contributed by atoms with E-state index >= 15 is 0 Å². The number of hydrogen-bond donors (Lipinski definition) is 2. The van der Waals surface area contributed by atoms with Gasteiger partial charge in [0.2, 0.25) is 0 Å². The van der Waals surface area contributed by atoms with Crippen molar-refractivity contribution in [2.75, 3.05) is 25.0 Å². The Bertz CT molecular complexity index is 701. The van der Waals surface area contributed by atoms with Crippen LogP contribution >= 0.6 is 0 Å². The molecule has 0 bridgehead atoms. The number of para-hydroxylation sites is 1. The first-order chi connectivity index (χ1) is 11.6. The summed E-state index contributed by atoms with van der Waals surface area (Å²) in [4.78, 5) is 14.8. The zero-order chi connectivity index (χ0) is 17.0. The van der Waals surface area contributed by atoms with Crippen molar-refractivity contribution < 1.29 is 4.79 Å². The first-order valence-corrected chi connectivity index (χ1v) is 8.46. The number of benzene rings is 2. The lowest BCUT2D eigenvalue weighted by Gasteiger charge is -2.22. The van der Waals surface area contributed by atoms with E-state index in [1.54, 1.807) is 0 Å². The van der Waals surface area contributed by atoms with Crippen LogP contribution in [0.1, 0.15) is 29.3 Å². The van der Waals surface area contributed by atoms with Gasteiger partial charge in [0.15, 0.2) is 0 Å². The second kappa shape index (κ2) is 7.16. The van der Waals surface area contributed by atoms with E-state index in [4.69, 9.17) is 5.73 Å². The first kappa shape index (κ1) is 16.7. The third kappa shape index (κ3) is 4.02. The first-order valence-electron chi connectivity index (χ1n) is 8.46. The third-order valence-electron chi connectivity index (χ3n) is 4.76. The third-order valence-corrected chi connectivity index (χ3v) is 4.76. The number of carbonyl (C=O) groups is 1. The zero-order valence-electron chi connectivity index (χ0n) is 14.2. The SMILES string of the molecule is CC1(CN)CCN(Cc2cccc(C(=O)Nc3ccccc3)c2)C1. The van der Waals surface area contributed by atoms with Gasteiger partial charge in [0.05, 0.1) is 0 Å². The molecule has 1 heterocycles. The molecule has 0 spiro atoms. The van der Waals surface area contributed by atoms with Gasteiger partial charge in [-0.1, -0.05) is 37.3 Å². The highest BCUT2D eigenvalue weighted by Gasteiger charge is 2.32. The largest absolute Gasteiger partial charge is 0.330 e. The summed E-state index contributed by atoms with van der Waals surface area (Å²) in [6, 6.07) is 17.4. The molecule has 1 aliphatic heterocycles. The van der Waals surface area contributed by atoms with Crippen molar-refractivity contribution in [3.05, 3.63) is 65.7 Å². The second-order valence-electron chi connectivity index (χ2n) is 7.00. The summed E-state index contributed by atoms with van der Waals surface area (Å²) >= 11 is 0. The fraction of sp³-hybridized carbons (Fsp3) is 0.350. The van der Waals surface area contributed by atoms with Gasteiger partial charge in [-0.3, -0.25) is 9.69 Å². The van der Waals surface area contributed by atoms with E-state index in [0.29, 0.717) is 5.56 Å². The van der Waals surface area contributed by atoms with E-state index in [0.717, 1.165) is 43.9 Å². The fourth-order valence-corrected chi connectivity index (χ4v) is 3.22. The molecule has 1 fully saturated rings. The zero-order valence-corrected chi connectivity index (χ0v) is 14.2. The Hall–Kier alpha value is -2.17. The van der Waals surface area contributed by atoms with Gasteiger partial charge >= 0.3 is 0 Å². The van der Waals surface area contributed by atoms with Gasteiger partial charge in [-0.25, -0.2) is 0 Å². The molecule has 1 amide bonds. The van der Waals surface area contributed by atoms with Crippen LogP contribution in [0.5, 0.6) is 0 Å². The van der Waals surface area contributed by atoms with Crippen LogP contribution in [0.2, 0.25) is 0 Å². The molecule has 0 radical (unpaired) electrons. The lowest BCUT2D eigenvalue weighted by Crippen LogP contribution is -2.31. The van der Waals surface area contributed by atoms with Gasteiger partial charge in [0.1, 0.15) is 0 Å². The Morgan fingerprint density at radius 3 is 2.71 bits per heavy atom. The molecule has 2 aromatic carbocycles. The van der Waals surface area contributed by atoms with Gasteiger partial charge < -0.3 is 11.1 Å². The molecule has 0 aliphatic carbocycles. The van der Waals surface area contributed by atoms with Crippen LogP contribution in [0.3, 0.4) is 0 Å². The molecule has 2 aromatic rings. The highest BCUT2D eigenvalue weighted by molar-refractivity contribution is 6.04. The summed E-state index contributed by atoms with van der Waals surface area (Å²) in [6.45, 7) is 5.92. The minimum Gasteiger partial charge on any atom is -0.330 e. The van der Waals surface area contributed by atoms with E-state index < -0.39 is 0 Å². The maximum absolute atomic E-state index is 12.4. The number of carbonyl (C=O) groups excluding carboxylic acids is 1. The van der Waals surface area contributed by atoms with Gasteiger partial charge in [-0.05, 0) is 54.8 Å². The molecule has 126 valence electrons. The molecule has 0 aromatic heterocycles. The number of likely N-dealkylation sites (tertiary alicyclic amines) is 1. The van der Waals surface area contributed by atoms with Crippen molar-refractivity contribution in [2.24, 2.45) is 11.1 Å². The van der Waals surface area contributed by atoms with Gasteiger partial charge in [-0.2, -0.15) is 0 Å². The van der Waals surface area contributed by atoms with Crippen molar-refractivity contribution in [1.29, 1.82) is 0 Å². The summed E-state index contributed by atoms with van der Waals surface area (Å²) < 4.78 is 0. The lowest BCUT2D eigenvalue weighted by molar-refractivity contribution is 0.102. The van der Waals surface area contributed by atoms with Crippen LogP contribution in [0.4, 0.5) is 5.69 Å². The molecule has 1 unspecified atom stereocenters. The number of hydrogen-bond acceptors (Lipinski definition) is 3. The summed E-state index contributed by atoms with van der Waals surface area (Å²) in [7, 11) is 0. The van der Waals surface area contributed by atoms with Crippen LogP contribution in [0, 0.1) is 5.41 Å². The minimum atomic E-state index is -0.0729. The van der Waals surface area contributed by atoms with E-state index in [9.17, 15) is 4.79 Å². The van der Waals surface area contributed by atoms with Crippen LogP contribution in [0.25, 0.3) is 0 Å². The Morgan fingerprint density at radius 1 is 1.21 bits per heavy atom. The van der Waals surface area contributed by atoms with E-state index in [1.165, 1.54) is 0 Å². The topological polar surface area (TPSA) is 58.4 Å². The number of nitrogens with one attached hydrogen (secondary N) is 1. The molecule has 1 atom stereocenters. The number of nitrogens with zero attached hydrogens (tertiary/aromatic N) is 1. The molecule has 3 rings (SSSR count). The molecule has 1 saturated heterocycles. The number of rotatable bonds is 5. The van der Waals surface area contributed by atoms with Crippen molar-refractivity contribution in [1.82, 2.24) is 4.90 Å². The quantitative estimate of drug-likeness (QED) is 0.889. The molecule has 24 heavy (non-hydrogen) atoms. The van der Waals surface area contributed by atoms with E-state index in [1.807, 2.05) is 48.5 Å². The molecular weight excluding hydrogens is 298 g/mol. The van der Waals surface area contributed by atoms with Crippen molar-refractivity contribution in [3.63, 3.8) is 0 Å². The Balaban J connectivity index is 1.65. The standard InChI is InChI=1S/C20H25N3O/c1-20(14-21)10-11-23(15-20)13-16-6-5-7-17(12-16)19(24)22-18-8-3-2-4-9-18/h2-9,12H,10-11,13-15,21H2,1H3,(H,22,24). The van der Waals surface area contributed by atoms with Crippen molar-refractivity contribution in [2.45, 2.75) is 19.9 Å². The van der Waals surface area contributed by atoms with Crippen molar-refractivity contribution in [3.8, 4) is 0 Å². The Labute approximate surface area is 143 Å². The highest BCUT2D eigenvalue weighted by atomic mass is 16.1.